The first-order valence-electron chi connectivity index (χ1n) is 10.7. The summed E-state index contributed by atoms with van der Waals surface area (Å²) in [6.45, 7) is 1.73. The molecule has 0 aliphatic rings. The van der Waals surface area contributed by atoms with Gasteiger partial charge in [0.1, 0.15) is 23.1 Å². The fraction of sp³-hybridized carbons (Fsp3) is 0.0769. The van der Waals surface area contributed by atoms with Crippen molar-refractivity contribution in [1.29, 1.82) is 5.26 Å². The molecule has 3 aromatic heterocycles. The minimum absolute atomic E-state index is 0.108. The summed E-state index contributed by atoms with van der Waals surface area (Å²) in [6, 6.07) is 22.2. The van der Waals surface area contributed by atoms with E-state index in [1.165, 1.54) is 22.1 Å². The second-order valence-electron chi connectivity index (χ2n) is 7.75. The zero-order valence-electron chi connectivity index (χ0n) is 18.9. The van der Waals surface area contributed by atoms with E-state index in [-0.39, 0.29) is 11.3 Å². The van der Waals surface area contributed by atoms with Crippen LogP contribution in [-0.4, -0.2) is 20.3 Å². The highest BCUT2D eigenvalue weighted by molar-refractivity contribution is 7.21. The summed E-state index contributed by atoms with van der Waals surface area (Å²) in [5.74, 6) is 0.175. The van der Waals surface area contributed by atoms with E-state index in [2.05, 4.69) is 10.3 Å². The lowest BCUT2D eigenvalue weighted by atomic mass is 10.2. The van der Waals surface area contributed by atoms with Gasteiger partial charge in [-0.05, 0) is 43.3 Å². The van der Waals surface area contributed by atoms with Crippen molar-refractivity contribution in [3.8, 4) is 22.5 Å². The minimum Gasteiger partial charge on any atom is -0.454 e. The Kier molecular flexibility index (Phi) is 5.65. The minimum atomic E-state index is -0.698. The average molecular weight is 482 g/mol. The second-order valence-corrected chi connectivity index (χ2v) is 8.78. The van der Waals surface area contributed by atoms with Crippen LogP contribution in [0.2, 0.25) is 0 Å². The molecule has 5 aromatic rings. The van der Waals surface area contributed by atoms with Crippen LogP contribution in [0.3, 0.4) is 0 Å². The first-order valence-corrected chi connectivity index (χ1v) is 11.5. The number of carbonyl (C=O) groups excluding carboxylic acids is 1. The lowest BCUT2D eigenvalue weighted by Gasteiger charge is -2.07. The number of rotatable bonds is 5. The molecule has 0 saturated carbocycles. The third-order valence-electron chi connectivity index (χ3n) is 5.58. The molecule has 1 amide bonds. The van der Waals surface area contributed by atoms with Crippen molar-refractivity contribution >= 4 is 39.2 Å². The quantitative estimate of drug-likeness (QED) is 0.284. The monoisotopic (exact) mass is 481 g/mol. The first kappa shape index (κ1) is 22.1. The fourth-order valence-corrected chi connectivity index (χ4v) is 4.63. The zero-order chi connectivity index (χ0) is 24.5. The van der Waals surface area contributed by atoms with Gasteiger partial charge in [0.05, 0.1) is 21.6 Å². The molecule has 35 heavy (non-hydrogen) atoms. The van der Waals surface area contributed by atoms with Gasteiger partial charge in [0.2, 0.25) is 0 Å². The summed E-state index contributed by atoms with van der Waals surface area (Å²) in [5, 5.41) is 12.9. The van der Waals surface area contributed by atoms with E-state index in [4.69, 9.17) is 4.42 Å². The lowest BCUT2D eigenvalue weighted by Crippen LogP contribution is -2.23. The van der Waals surface area contributed by atoms with Crippen molar-refractivity contribution in [2.24, 2.45) is 7.05 Å². The van der Waals surface area contributed by atoms with Crippen LogP contribution in [0.4, 0.5) is 5.69 Å². The van der Waals surface area contributed by atoms with Crippen molar-refractivity contribution in [3.63, 3.8) is 0 Å². The third kappa shape index (κ3) is 4.07. The number of nitrogens with one attached hydrogen (secondary N) is 1. The van der Waals surface area contributed by atoms with Crippen LogP contribution in [0, 0.1) is 18.3 Å². The number of amides is 1. The van der Waals surface area contributed by atoms with E-state index in [0.29, 0.717) is 27.9 Å². The lowest BCUT2D eigenvalue weighted by molar-refractivity contribution is -0.112. The molecule has 0 radical (unpaired) electrons. The van der Waals surface area contributed by atoms with Crippen LogP contribution in [0.5, 0.6) is 0 Å². The summed E-state index contributed by atoms with van der Waals surface area (Å²) < 4.78 is 9.97. The molecule has 0 aliphatic carbocycles. The van der Waals surface area contributed by atoms with Crippen molar-refractivity contribution in [2.45, 2.75) is 6.92 Å². The van der Waals surface area contributed by atoms with Gasteiger partial charge in [-0.3, -0.25) is 14.3 Å². The van der Waals surface area contributed by atoms with E-state index in [1.54, 1.807) is 42.9 Å². The topological polar surface area (TPSA) is 106 Å². The SMILES string of the molecule is Cc1c(NC(=O)/C(C#N)=C/c2ccc(-c3nc4ccccc4s3)o2)c(=O)n(-c2ccccc2)n1C. The van der Waals surface area contributed by atoms with Gasteiger partial charge >= 0.3 is 0 Å². The number of aromatic nitrogens is 3. The Balaban J connectivity index is 1.42. The number of furan rings is 1. The second kappa shape index (κ2) is 8.93. The average Bonchev–Trinajstić information content (AvgIpc) is 3.57. The maximum absolute atomic E-state index is 13.1. The van der Waals surface area contributed by atoms with Gasteiger partial charge in [0.25, 0.3) is 11.5 Å². The Bertz CT molecular complexity index is 1660. The van der Waals surface area contributed by atoms with Crippen LogP contribution in [0.25, 0.3) is 32.7 Å². The molecule has 0 fully saturated rings. The van der Waals surface area contributed by atoms with Crippen molar-refractivity contribution in [1.82, 2.24) is 14.3 Å². The number of nitriles is 1. The molecule has 2 aromatic carbocycles. The highest BCUT2D eigenvalue weighted by Crippen LogP contribution is 2.31. The van der Waals surface area contributed by atoms with Crippen LogP contribution < -0.4 is 10.9 Å². The highest BCUT2D eigenvalue weighted by Gasteiger charge is 2.20. The molecule has 0 bridgehead atoms. The molecule has 0 saturated heterocycles. The largest absolute Gasteiger partial charge is 0.454 e. The molecule has 8 nitrogen and oxygen atoms in total. The zero-order valence-corrected chi connectivity index (χ0v) is 19.7. The van der Waals surface area contributed by atoms with Gasteiger partial charge in [0, 0.05) is 13.1 Å². The molecule has 3 heterocycles. The van der Waals surface area contributed by atoms with Crippen LogP contribution >= 0.6 is 11.3 Å². The van der Waals surface area contributed by atoms with Gasteiger partial charge < -0.3 is 9.73 Å². The van der Waals surface area contributed by atoms with E-state index >= 15 is 0 Å². The molecular formula is C26H19N5O3S. The number of carbonyl (C=O) groups is 1. The van der Waals surface area contributed by atoms with Crippen LogP contribution in [0.1, 0.15) is 11.5 Å². The van der Waals surface area contributed by atoms with Gasteiger partial charge in [0.15, 0.2) is 10.8 Å². The Hall–Kier alpha value is -4.68. The van der Waals surface area contributed by atoms with E-state index in [1.807, 2.05) is 48.5 Å². The number of hydrogen-bond acceptors (Lipinski definition) is 6. The van der Waals surface area contributed by atoms with Gasteiger partial charge in [-0.1, -0.05) is 30.3 Å². The van der Waals surface area contributed by atoms with Crippen molar-refractivity contribution < 1.29 is 9.21 Å². The van der Waals surface area contributed by atoms with Gasteiger partial charge in [-0.2, -0.15) is 5.26 Å². The maximum Gasteiger partial charge on any atom is 0.295 e. The highest BCUT2D eigenvalue weighted by atomic mass is 32.1. The molecule has 9 heteroatoms. The number of nitrogens with zero attached hydrogens (tertiary/aromatic N) is 4. The van der Waals surface area contributed by atoms with Crippen molar-refractivity contribution in [2.75, 3.05) is 5.32 Å². The summed E-state index contributed by atoms with van der Waals surface area (Å²) in [5.41, 5.74) is 1.62. The molecule has 172 valence electrons. The number of hydrogen-bond donors (Lipinski definition) is 1. The standard InChI is InChI=1S/C26H19N5O3S/c1-16-23(26(33)31(30(16)2)18-8-4-3-5-9-18)29-24(32)17(15-27)14-19-12-13-21(34-19)25-28-20-10-6-7-11-22(20)35-25/h3-14H,1-2H3,(H,29,32)/b17-14+. The molecular weight excluding hydrogens is 462 g/mol. The number of thiazole rings is 1. The summed E-state index contributed by atoms with van der Waals surface area (Å²) in [4.78, 5) is 30.5. The number of benzene rings is 2. The smallest absolute Gasteiger partial charge is 0.295 e. The molecule has 0 atom stereocenters. The molecule has 0 aliphatic heterocycles. The fourth-order valence-electron chi connectivity index (χ4n) is 3.71. The Morgan fingerprint density at radius 2 is 1.86 bits per heavy atom. The number of para-hydroxylation sites is 2. The Morgan fingerprint density at radius 1 is 1.11 bits per heavy atom. The first-order chi connectivity index (χ1) is 17.0. The normalized spacial score (nSPS) is 11.5. The van der Waals surface area contributed by atoms with Gasteiger partial charge in [-0.15, -0.1) is 11.3 Å². The Labute approximate surface area is 204 Å². The van der Waals surface area contributed by atoms with Crippen LogP contribution in [0.15, 0.2) is 81.5 Å². The predicted octanol–water partition coefficient (Wildman–Crippen LogP) is 4.90. The molecule has 5 rings (SSSR count). The van der Waals surface area contributed by atoms with E-state index in [0.717, 1.165) is 10.2 Å². The maximum atomic E-state index is 13.1. The van der Waals surface area contributed by atoms with E-state index in [9.17, 15) is 14.9 Å². The van der Waals surface area contributed by atoms with Crippen LogP contribution in [-0.2, 0) is 11.8 Å². The third-order valence-corrected chi connectivity index (χ3v) is 6.63. The summed E-state index contributed by atoms with van der Waals surface area (Å²) in [7, 11) is 1.73. The summed E-state index contributed by atoms with van der Waals surface area (Å²) in [6.07, 6.45) is 1.35. The molecule has 0 unspecified atom stereocenters. The van der Waals surface area contributed by atoms with Crippen molar-refractivity contribution in [3.05, 3.63) is 94.1 Å². The van der Waals surface area contributed by atoms with Gasteiger partial charge in [-0.25, -0.2) is 9.67 Å². The summed E-state index contributed by atoms with van der Waals surface area (Å²) >= 11 is 1.49. The van der Waals surface area contributed by atoms with E-state index < -0.39 is 11.5 Å². The molecule has 1 N–H and O–H groups in total. The number of anilines is 1. The number of fused-ring (bicyclic) bond motifs is 1. The molecule has 0 spiro atoms. The Morgan fingerprint density at radius 3 is 2.60 bits per heavy atom. The predicted molar refractivity (Wildman–Crippen MR) is 135 cm³/mol.